The van der Waals surface area contributed by atoms with E-state index >= 15 is 0 Å². The van der Waals surface area contributed by atoms with Gasteiger partial charge in [-0.3, -0.25) is 4.79 Å². The number of hydrogen-bond donors (Lipinski definition) is 2. The van der Waals surface area contributed by atoms with E-state index in [0.29, 0.717) is 12.6 Å². The fourth-order valence-electron chi connectivity index (χ4n) is 1.61. The van der Waals surface area contributed by atoms with E-state index in [1.807, 2.05) is 0 Å². The van der Waals surface area contributed by atoms with Gasteiger partial charge in [-0.05, 0) is 19.3 Å². The van der Waals surface area contributed by atoms with Gasteiger partial charge in [0.2, 0.25) is 5.91 Å². The summed E-state index contributed by atoms with van der Waals surface area (Å²) in [6.07, 6.45) is 4.21. The van der Waals surface area contributed by atoms with Crippen LogP contribution in [0.15, 0.2) is 0 Å². The number of unbranched alkanes of at least 4 members (excludes halogenated alkanes) is 1. The number of hydrogen-bond acceptors (Lipinski definition) is 3. The van der Waals surface area contributed by atoms with Crippen LogP contribution >= 0.6 is 0 Å². The van der Waals surface area contributed by atoms with Gasteiger partial charge >= 0.3 is 0 Å². The standard InChI is InChI=1S/C11H22N2O2/c1-2-3-6-12-11(14)9-13-10-4-7-15-8-5-10/h10,13H,2-9H2,1H3,(H,12,14). The fraction of sp³-hybridized carbons (Fsp3) is 0.909. The molecule has 0 unspecified atom stereocenters. The first-order valence-electron chi connectivity index (χ1n) is 5.90. The van der Waals surface area contributed by atoms with Gasteiger partial charge < -0.3 is 15.4 Å². The Morgan fingerprint density at radius 3 is 2.80 bits per heavy atom. The molecule has 0 radical (unpaired) electrons. The lowest BCUT2D eigenvalue weighted by atomic mass is 10.1. The summed E-state index contributed by atoms with van der Waals surface area (Å²) in [4.78, 5) is 11.4. The first-order valence-corrected chi connectivity index (χ1v) is 5.90. The molecular formula is C11H22N2O2. The van der Waals surface area contributed by atoms with Crippen molar-refractivity contribution in [3.05, 3.63) is 0 Å². The highest BCUT2D eigenvalue weighted by molar-refractivity contribution is 5.77. The maximum atomic E-state index is 11.4. The van der Waals surface area contributed by atoms with Gasteiger partial charge in [-0.15, -0.1) is 0 Å². The normalized spacial score (nSPS) is 17.7. The van der Waals surface area contributed by atoms with Crippen molar-refractivity contribution in [3.63, 3.8) is 0 Å². The van der Waals surface area contributed by atoms with Crippen molar-refractivity contribution >= 4 is 5.91 Å². The monoisotopic (exact) mass is 214 g/mol. The molecule has 0 saturated carbocycles. The second-order valence-corrected chi connectivity index (χ2v) is 3.97. The third kappa shape index (κ3) is 5.74. The van der Waals surface area contributed by atoms with Gasteiger partial charge in [0, 0.05) is 25.8 Å². The van der Waals surface area contributed by atoms with Crippen molar-refractivity contribution in [2.24, 2.45) is 0 Å². The third-order valence-corrected chi connectivity index (χ3v) is 2.63. The Labute approximate surface area is 91.8 Å². The highest BCUT2D eigenvalue weighted by Crippen LogP contribution is 2.05. The molecule has 88 valence electrons. The molecule has 1 saturated heterocycles. The van der Waals surface area contributed by atoms with E-state index in [-0.39, 0.29) is 5.91 Å². The number of carbonyl (C=O) groups excluding carboxylic acids is 1. The lowest BCUT2D eigenvalue weighted by Gasteiger charge is -2.22. The molecule has 1 heterocycles. The largest absolute Gasteiger partial charge is 0.381 e. The minimum atomic E-state index is 0.106. The zero-order chi connectivity index (χ0) is 10.9. The van der Waals surface area contributed by atoms with Crippen LogP contribution in [0.25, 0.3) is 0 Å². The van der Waals surface area contributed by atoms with Crippen molar-refractivity contribution in [1.82, 2.24) is 10.6 Å². The van der Waals surface area contributed by atoms with Crippen LogP contribution in [0.2, 0.25) is 0 Å². The van der Waals surface area contributed by atoms with E-state index in [4.69, 9.17) is 4.74 Å². The lowest BCUT2D eigenvalue weighted by molar-refractivity contribution is -0.120. The summed E-state index contributed by atoms with van der Waals surface area (Å²) in [5.74, 6) is 0.106. The van der Waals surface area contributed by atoms with Gasteiger partial charge in [-0.25, -0.2) is 0 Å². The van der Waals surface area contributed by atoms with Gasteiger partial charge in [0.15, 0.2) is 0 Å². The highest BCUT2D eigenvalue weighted by Gasteiger charge is 2.13. The highest BCUT2D eigenvalue weighted by atomic mass is 16.5. The minimum Gasteiger partial charge on any atom is -0.381 e. The van der Waals surface area contributed by atoms with Gasteiger partial charge in [0.25, 0.3) is 0 Å². The first-order chi connectivity index (χ1) is 7.33. The first kappa shape index (κ1) is 12.5. The molecule has 1 amide bonds. The SMILES string of the molecule is CCCCNC(=O)CNC1CCOCC1. The molecule has 0 bridgehead atoms. The van der Waals surface area contributed by atoms with Crippen LogP contribution in [0.4, 0.5) is 0 Å². The van der Waals surface area contributed by atoms with Gasteiger partial charge in [-0.2, -0.15) is 0 Å². The van der Waals surface area contributed by atoms with Crippen LogP contribution in [0, 0.1) is 0 Å². The van der Waals surface area contributed by atoms with E-state index in [9.17, 15) is 4.79 Å². The topological polar surface area (TPSA) is 50.4 Å². The summed E-state index contributed by atoms with van der Waals surface area (Å²) < 4.78 is 5.25. The molecule has 2 N–H and O–H groups in total. The van der Waals surface area contributed by atoms with Crippen molar-refractivity contribution in [1.29, 1.82) is 0 Å². The zero-order valence-corrected chi connectivity index (χ0v) is 9.55. The summed E-state index contributed by atoms with van der Waals surface area (Å²) in [5, 5.41) is 6.15. The second kappa shape index (κ2) is 7.65. The minimum absolute atomic E-state index is 0.106. The van der Waals surface area contributed by atoms with E-state index < -0.39 is 0 Å². The van der Waals surface area contributed by atoms with E-state index in [0.717, 1.165) is 45.4 Å². The number of amides is 1. The van der Waals surface area contributed by atoms with E-state index in [2.05, 4.69) is 17.6 Å². The summed E-state index contributed by atoms with van der Waals surface area (Å²) in [7, 11) is 0. The maximum absolute atomic E-state index is 11.4. The molecule has 0 atom stereocenters. The Hall–Kier alpha value is -0.610. The molecule has 0 aromatic carbocycles. The Bertz CT molecular complexity index is 179. The van der Waals surface area contributed by atoms with Gasteiger partial charge in [-0.1, -0.05) is 13.3 Å². The molecule has 15 heavy (non-hydrogen) atoms. The Kier molecular flexibility index (Phi) is 6.36. The number of ether oxygens (including phenoxy) is 1. The van der Waals surface area contributed by atoms with Crippen LogP contribution in [0.3, 0.4) is 0 Å². The Morgan fingerprint density at radius 2 is 2.13 bits per heavy atom. The Balaban J connectivity index is 2.00. The van der Waals surface area contributed by atoms with Crippen LogP contribution < -0.4 is 10.6 Å². The fourth-order valence-corrected chi connectivity index (χ4v) is 1.61. The molecular weight excluding hydrogens is 192 g/mol. The smallest absolute Gasteiger partial charge is 0.233 e. The predicted octanol–water partition coefficient (Wildman–Crippen LogP) is 0.671. The quantitative estimate of drug-likeness (QED) is 0.639. The molecule has 0 aromatic rings. The van der Waals surface area contributed by atoms with Crippen molar-refractivity contribution in [2.75, 3.05) is 26.3 Å². The van der Waals surface area contributed by atoms with Crippen LogP contribution in [-0.2, 0) is 9.53 Å². The van der Waals surface area contributed by atoms with Crippen molar-refractivity contribution < 1.29 is 9.53 Å². The molecule has 0 aliphatic carbocycles. The third-order valence-electron chi connectivity index (χ3n) is 2.63. The van der Waals surface area contributed by atoms with Crippen molar-refractivity contribution in [2.45, 2.75) is 38.6 Å². The summed E-state index contributed by atoms with van der Waals surface area (Å²) >= 11 is 0. The van der Waals surface area contributed by atoms with Crippen LogP contribution in [-0.4, -0.2) is 38.3 Å². The molecule has 1 rings (SSSR count). The van der Waals surface area contributed by atoms with Gasteiger partial charge in [0.1, 0.15) is 0 Å². The molecule has 0 aromatic heterocycles. The molecule has 1 aliphatic rings. The second-order valence-electron chi connectivity index (χ2n) is 3.97. The molecule has 4 nitrogen and oxygen atoms in total. The zero-order valence-electron chi connectivity index (χ0n) is 9.55. The predicted molar refractivity (Wildman–Crippen MR) is 59.8 cm³/mol. The molecule has 0 spiro atoms. The average molecular weight is 214 g/mol. The van der Waals surface area contributed by atoms with Gasteiger partial charge in [0.05, 0.1) is 6.54 Å². The number of nitrogens with one attached hydrogen (secondary N) is 2. The molecule has 1 fully saturated rings. The summed E-state index contributed by atoms with van der Waals surface area (Å²) in [5.41, 5.74) is 0. The van der Waals surface area contributed by atoms with E-state index in [1.54, 1.807) is 0 Å². The summed E-state index contributed by atoms with van der Waals surface area (Å²) in [6, 6.07) is 0.454. The maximum Gasteiger partial charge on any atom is 0.233 e. The van der Waals surface area contributed by atoms with E-state index in [1.165, 1.54) is 0 Å². The molecule has 1 aliphatic heterocycles. The molecule has 4 heteroatoms. The number of carbonyl (C=O) groups is 1. The van der Waals surface area contributed by atoms with Crippen LogP contribution in [0.5, 0.6) is 0 Å². The summed E-state index contributed by atoms with van der Waals surface area (Å²) in [6.45, 7) is 4.98. The van der Waals surface area contributed by atoms with Crippen LogP contribution in [0.1, 0.15) is 32.6 Å². The Morgan fingerprint density at radius 1 is 1.40 bits per heavy atom. The number of rotatable bonds is 6. The van der Waals surface area contributed by atoms with Crippen molar-refractivity contribution in [3.8, 4) is 0 Å². The average Bonchev–Trinajstić information content (AvgIpc) is 2.28. The lowest BCUT2D eigenvalue weighted by Crippen LogP contribution is -2.41.